The molecule has 2 aromatic carbocycles. The summed E-state index contributed by atoms with van der Waals surface area (Å²) in [5.41, 5.74) is 2.55. The van der Waals surface area contributed by atoms with Crippen molar-refractivity contribution in [3.8, 4) is 12.3 Å². The number of guanidine groups is 1. The molecule has 0 aliphatic heterocycles. The van der Waals surface area contributed by atoms with E-state index in [0.29, 0.717) is 24.8 Å². The molecule has 0 heterocycles. The highest BCUT2D eigenvalue weighted by atomic mass is 16.5. The van der Waals surface area contributed by atoms with E-state index >= 15 is 0 Å². The summed E-state index contributed by atoms with van der Waals surface area (Å²) in [5, 5.41) is 8.96. The number of aliphatic imine (C=N–C) groups is 1. The Balaban J connectivity index is 1.63. The second-order valence-corrected chi connectivity index (χ2v) is 6.40. The zero-order valence-corrected chi connectivity index (χ0v) is 16.9. The molecule has 29 heavy (non-hydrogen) atoms. The van der Waals surface area contributed by atoms with Crippen LogP contribution in [0.25, 0.3) is 0 Å². The minimum atomic E-state index is -0.179. The van der Waals surface area contributed by atoms with Crippen LogP contribution in [0, 0.1) is 12.3 Å². The number of rotatable bonds is 9. The summed E-state index contributed by atoms with van der Waals surface area (Å²) >= 11 is 0. The van der Waals surface area contributed by atoms with Gasteiger partial charge in [0, 0.05) is 31.5 Å². The number of amides is 1. The molecule has 0 saturated heterocycles. The van der Waals surface area contributed by atoms with Crippen molar-refractivity contribution in [3.05, 3.63) is 65.7 Å². The van der Waals surface area contributed by atoms with E-state index in [9.17, 15) is 4.79 Å². The van der Waals surface area contributed by atoms with E-state index in [1.807, 2.05) is 31.2 Å². The second-order valence-electron chi connectivity index (χ2n) is 6.40. The van der Waals surface area contributed by atoms with Crippen LogP contribution in [0.4, 0.5) is 5.69 Å². The first-order valence-corrected chi connectivity index (χ1v) is 9.60. The van der Waals surface area contributed by atoms with E-state index in [2.05, 4.69) is 39.0 Å². The maximum atomic E-state index is 12.1. The Kier molecular flexibility index (Phi) is 9.26. The van der Waals surface area contributed by atoms with E-state index in [1.54, 1.807) is 25.2 Å². The molecule has 0 aliphatic carbocycles. The fourth-order valence-corrected chi connectivity index (χ4v) is 2.64. The number of nitrogens with zero attached hydrogens (tertiary/aromatic N) is 1. The van der Waals surface area contributed by atoms with Gasteiger partial charge in [0.1, 0.15) is 0 Å². The highest BCUT2D eigenvalue weighted by Crippen LogP contribution is 2.15. The third-order valence-corrected chi connectivity index (χ3v) is 4.20. The van der Waals surface area contributed by atoms with E-state index in [0.717, 1.165) is 17.5 Å². The molecular formula is C23H28N4O2. The first-order valence-electron chi connectivity index (χ1n) is 9.60. The lowest BCUT2D eigenvalue weighted by Crippen LogP contribution is -2.41. The van der Waals surface area contributed by atoms with Gasteiger partial charge in [0.25, 0.3) is 0 Å². The Morgan fingerprint density at radius 3 is 2.69 bits per heavy atom. The fraction of sp³-hybridized carbons (Fsp3) is 0.304. The molecule has 0 fully saturated rings. The van der Waals surface area contributed by atoms with Crippen LogP contribution in [-0.2, 0) is 9.53 Å². The maximum Gasteiger partial charge on any atom is 0.243 e. The van der Waals surface area contributed by atoms with Gasteiger partial charge in [-0.25, -0.2) is 0 Å². The normalized spacial score (nSPS) is 12.0. The van der Waals surface area contributed by atoms with Crippen LogP contribution >= 0.6 is 0 Å². The predicted molar refractivity (Wildman–Crippen MR) is 118 cm³/mol. The van der Waals surface area contributed by atoms with Gasteiger partial charge in [-0.05, 0) is 37.1 Å². The van der Waals surface area contributed by atoms with Gasteiger partial charge in [0.05, 0.1) is 12.6 Å². The minimum Gasteiger partial charge on any atom is -0.374 e. The molecule has 2 rings (SSSR count). The van der Waals surface area contributed by atoms with Crippen molar-refractivity contribution in [1.82, 2.24) is 10.6 Å². The summed E-state index contributed by atoms with van der Waals surface area (Å²) < 4.78 is 5.85. The molecule has 1 amide bonds. The van der Waals surface area contributed by atoms with Gasteiger partial charge >= 0.3 is 0 Å². The first-order chi connectivity index (χ1) is 14.1. The van der Waals surface area contributed by atoms with E-state index < -0.39 is 0 Å². The summed E-state index contributed by atoms with van der Waals surface area (Å²) in [6.07, 6.45) is 6.25. The highest BCUT2D eigenvalue weighted by Gasteiger charge is 2.06. The Hall–Kier alpha value is -3.30. The number of hydrogen-bond acceptors (Lipinski definition) is 3. The quantitative estimate of drug-likeness (QED) is 0.265. The van der Waals surface area contributed by atoms with Crippen LogP contribution in [0.1, 0.15) is 30.6 Å². The van der Waals surface area contributed by atoms with Crippen molar-refractivity contribution < 1.29 is 9.53 Å². The van der Waals surface area contributed by atoms with Gasteiger partial charge in [-0.3, -0.25) is 9.79 Å². The third-order valence-electron chi connectivity index (χ3n) is 4.20. The van der Waals surface area contributed by atoms with Crippen LogP contribution in [0.2, 0.25) is 0 Å². The summed E-state index contributed by atoms with van der Waals surface area (Å²) in [5.74, 6) is 2.93. The molecule has 2 aromatic rings. The molecule has 6 nitrogen and oxygen atoms in total. The molecule has 152 valence electrons. The minimum absolute atomic E-state index is 0.0605. The molecule has 0 aromatic heterocycles. The van der Waals surface area contributed by atoms with Crippen LogP contribution in [0.15, 0.2) is 59.6 Å². The fourth-order valence-electron chi connectivity index (χ4n) is 2.64. The number of carbonyl (C=O) groups excluding carboxylic acids is 1. The zero-order chi connectivity index (χ0) is 20.9. The molecule has 3 N–H and O–H groups in total. The molecule has 6 heteroatoms. The highest BCUT2D eigenvalue weighted by molar-refractivity contribution is 5.95. The van der Waals surface area contributed by atoms with E-state index in [-0.39, 0.29) is 18.6 Å². The molecule has 0 radical (unpaired) electrons. The molecule has 1 atom stereocenters. The number of nitrogens with one attached hydrogen (secondary N) is 3. The molecular weight excluding hydrogens is 364 g/mol. The standard InChI is InChI=1S/C23H28N4O2/c1-4-19-10-8-13-21(16-19)27-22(28)17-26-23(24-3)25-14-9-15-29-18(2)20-11-6-5-7-12-20/h1,5-8,10-13,16,18H,9,14-15,17H2,2-3H3,(H,27,28)(H2,24,25,26). The smallest absolute Gasteiger partial charge is 0.243 e. The van der Waals surface area contributed by atoms with Gasteiger partial charge in [-0.2, -0.15) is 0 Å². The van der Waals surface area contributed by atoms with E-state index in [1.165, 1.54) is 0 Å². The Morgan fingerprint density at radius 2 is 1.97 bits per heavy atom. The Labute approximate surface area is 172 Å². The zero-order valence-electron chi connectivity index (χ0n) is 16.9. The number of carbonyl (C=O) groups is 1. The molecule has 0 bridgehead atoms. The lowest BCUT2D eigenvalue weighted by Gasteiger charge is -2.15. The molecule has 0 saturated carbocycles. The number of anilines is 1. The molecule has 0 spiro atoms. The van der Waals surface area contributed by atoms with Gasteiger partial charge in [0.15, 0.2) is 5.96 Å². The van der Waals surface area contributed by atoms with E-state index in [4.69, 9.17) is 11.2 Å². The van der Waals surface area contributed by atoms with Crippen molar-refractivity contribution in [2.75, 3.05) is 32.1 Å². The lowest BCUT2D eigenvalue weighted by molar-refractivity contribution is -0.115. The summed E-state index contributed by atoms with van der Waals surface area (Å²) in [4.78, 5) is 16.2. The van der Waals surface area contributed by atoms with Crippen molar-refractivity contribution in [3.63, 3.8) is 0 Å². The largest absolute Gasteiger partial charge is 0.374 e. The van der Waals surface area contributed by atoms with Gasteiger partial charge < -0.3 is 20.7 Å². The Bertz CT molecular complexity index is 843. The topological polar surface area (TPSA) is 74.8 Å². The van der Waals surface area contributed by atoms with Crippen LogP contribution < -0.4 is 16.0 Å². The van der Waals surface area contributed by atoms with Crippen molar-refractivity contribution in [1.29, 1.82) is 0 Å². The maximum absolute atomic E-state index is 12.1. The number of hydrogen-bond donors (Lipinski definition) is 3. The van der Waals surface area contributed by atoms with Gasteiger partial charge in [-0.1, -0.05) is 42.3 Å². The average molecular weight is 393 g/mol. The second kappa shape index (κ2) is 12.2. The first kappa shape index (κ1) is 22.0. The number of ether oxygens (including phenoxy) is 1. The SMILES string of the molecule is C#Cc1cccc(NC(=O)CNC(=NC)NCCCOC(C)c2ccccc2)c1. The van der Waals surface area contributed by atoms with Gasteiger partial charge in [-0.15, -0.1) is 6.42 Å². The lowest BCUT2D eigenvalue weighted by atomic mass is 10.1. The van der Waals surface area contributed by atoms with Crippen LogP contribution in [0.3, 0.4) is 0 Å². The van der Waals surface area contributed by atoms with Crippen molar-refractivity contribution in [2.45, 2.75) is 19.4 Å². The van der Waals surface area contributed by atoms with Crippen molar-refractivity contribution >= 4 is 17.6 Å². The van der Waals surface area contributed by atoms with Crippen molar-refractivity contribution in [2.24, 2.45) is 4.99 Å². The third kappa shape index (κ3) is 8.08. The Morgan fingerprint density at radius 1 is 1.17 bits per heavy atom. The number of terminal acetylenes is 1. The average Bonchev–Trinajstić information content (AvgIpc) is 2.76. The summed E-state index contributed by atoms with van der Waals surface area (Å²) in [7, 11) is 1.66. The van der Waals surface area contributed by atoms with Gasteiger partial charge in [0.2, 0.25) is 5.91 Å². The summed E-state index contributed by atoms with van der Waals surface area (Å²) in [6, 6.07) is 17.3. The van der Waals surface area contributed by atoms with Crippen LogP contribution in [-0.4, -0.2) is 38.6 Å². The number of benzene rings is 2. The molecule has 1 unspecified atom stereocenters. The summed E-state index contributed by atoms with van der Waals surface area (Å²) in [6.45, 7) is 3.46. The van der Waals surface area contributed by atoms with Crippen LogP contribution in [0.5, 0.6) is 0 Å². The predicted octanol–water partition coefficient (Wildman–Crippen LogP) is 2.94. The molecule has 0 aliphatic rings. The monoisotopic (exact) mass is 392 g/mol.